The number of hydrogen-bond donors (Lipinski definition) is 1. The van der Waals surface area contributed by atoms with Crippen molar-refractivity contribution in [2.45, 2.75) is 24.9 Å². The van der Waals surface area contributed by atoms with E-state index < -0.39 is 23.9 Å². The molecular formula is C16H16N3O4. The summed E-state index contributed by atoms with van der Waals surface area (Å²) >= 11 is 0. The fraction of sp³-hybridized carbons (Fsp3) is 0.375. The highest BCUT2D eigenvalue weighted by Crippen LogP contribution is 2.28. The largest absolute Gasteiger partial charge is 0.330 e. The Hall–Kier alpha value is -2.70. The molecule has 0 bridgehead atoms. The zero-order chi connectivity index (χ0) is 16.4. The van der Waals surface area contributed by atoms with Gasteiger partial charge >= 0.3 is 17.8 Å². The fourth-order valence-electron chi connectivity index (χ4n) is 2.61. The van der Waals surface area contributed by atoms with Crippen molar-refractivity contribution in [3.8, 4) is 0 Å². The number of rotatable bonds is 4. The molecule has 1 saturated heterocycles. The van der Waals surface area contributed by atoms with Gasteiger partial charge in [0.15, 0.2) is 0 Å². The third kappa shape index (κ3) is 3.08. The van der Waals surface area contributed by atoms with E-state index >= 15 is 0 Å². The van der Waals surface area contributed by atoms with E-state index in [1.807, 2.05) is 0 Å². The maximum atomic E-state index is 12.2. The lowest BCUT2D eigenvalue weighted by molar-refractivity contribution is -0.154. The molecule has 7 heteroatoms. The molecular weight excluding hydrogens is 298 g/mol. The normalized spacial score (nSPS) is 19.5. The van der Waals surface area contributed by atoms with Crippen LogP contribution in [0.3, 0.4) is 0 Å². The maximum absolute atomic E-state index is 12.2. The second-order valence-electron chi connectivity index (χ2n) is 5.60. The molecule has 2 fully saturated rings. The molecule has 2 aliphatic rings. The third-order valence-corrected chi connectivity index (χ3v) is 4.00. The number of carbonyl (C=O) groups excluding carboxylic acids is 4. The van der Waals surface area contributed by atoms with Crippen LogP contribution in [0.25, 0.3) is 0 Å². The monoisotopic (exact) mass is 314 g/mol. The predicted octanol–water partition coefficient (Wildman–Crippen LogP) is 0.380. The summed E-state index contributed by atoms with van der Waals surface area (Å²) in [4.78, 5) is 49.8. The third-order valence-electron chi connectivity index (χ3n) is 4.00. The summed E-state index contributed by atoms with van der Waals surface area (Å²) in [5, 5.41) is 2.44. The van der Waals surface area contributed by atoms with E-state index in [0.29, 0.717) is 12.1 Å². The average molecular weight is 314 g/mol. The Balaban J connectivity index is 1.67. The van der Waals surface area contributed by atoms with E-state index in [9.17, 15) is 19.2 Å². The summed E-state index contributed by atoms with van der Waals surface area (Å²) < 4.78 is 0. The number of carbonyl (C=O) groups is 3. The second-order valence-corrected chi connectivity index (χ2v) is 5.60. The highest BCUT2D eigenvalue weighted by molar-refractivity contribution is 6.38. The standard InChI is InChI=1S/C16H16N3O4/c20-10-13(11-4-2-1-3-5-11)17-16(23)19-9-8-18(12-6-7-12)14(21)15(19)22/h1-5,12-13H,6-9H2,(H,17,23). The summed E-state index contributed by atoms with van der Waals surface area (Å²) in [7, 11) is 0. The van der Waals surface area contributed by atoms with Crippen LogP contribution in [0.1, 0.15) is 24.4 Å². The Bertz CT molecular complexity index is 642. The van der Waals surface area contributed by atoms with Crippen molar-refractivity contribution in [1.29, 1.82) is 0 Å². The first-order valence-corrected chi connectivity index (χ1v) is 7.47. The van der Waals surface area contributed by atoms with Crippen LogP contribution in [0.2, 0.25) is 0 Å². The number of nitrogens with zero attached hydrogens (tertiary/aromatic N) is 2. The van der Waals surface area contributed by atoms with Crippen LogP contribution in [0.5, 0.6) is 0 Å². The molecule has 3 rings (SSSR count). The van der Waals surface area contributed by atoms with Crippen LogP contribution in [-0.2, 0) is 14.4 Å². The lowest BCUT2D eigenvalue weighted by atomic mass is 10.1. The Morgan fingerprint density at radius 3 is 2.43 bits per heavy atom. The molecule has 7 nitrogen and oxygen atoms in total. The first-order valence-electron chi connectivity index (χ1n) is 7.47. The molecule has 1 atom stereocenters. The van der Waals surface area contributed by atoms with Gasteiger partial charge in [-0.05, 0) is 18.4 Å². The van der Waals surface area contributed by atoms with Crippen LogP contribution in [0.4, 0.5) is 4.79 Å². The van der Waals surface area contributed by atoms with Gasteiger partial charge in [-0.25, -0.2) is 4.79 Å². The van der Waals surface area contributed by atoms with Crippen molar-refractivity contribution in [2.75, 3.05) is 13.1 Å². The summed E-state index contributed by atoms with van der Waals surface area (Å²) in [6.45, 7) is 0.469. The molecule has 1 radical (unpaired) electrons. The maximum Gasteiger partial charge on any atom is 0.325 e. The van der Waals surface area contributed by atoms with Crippen LogP contribution in [0, 0.1) is 0 Å². The van der Waals surface area contributed by atoms with Gasteiger partial charge in [0.25, 0.3) is 0 Å². The summed E-state index contributed by atoms with van der Waals surface area (Å²) in [6.07, 6.45) is 3.54. The molecule has 1 aliphatic carbocycles. The van der Waals surface area contributed by atoms with Crippen LogP contribution in [-0.4, -0.2) is 53.1 Å². The Labute approximate surface area is 133 Å². The first-order chi connectivity index (χ1) is 11.1. The molecule has 1 aliphatic heterocycles. The number of imide groups is 1. The van der Waals surface area contributed by atoms with Crippen molar-refractivity contribution in [3.63, 3.8) is 0 Å². The highest BCUT2D eigenvalue weighted by atomic mass is 16.2. The zero-order valence-corrected chi connectivity index (χ0v) is 12.4. The van der Waals surface area contributed by atoms with E-state index in [1.54, 1.807) is 36.6 Å². The van der Waals surface area contributed by atoms with Gasteiger partial charge in [0.05, 0.1) is 0 Å². The molecule has 23 heavy (non-hydrogen) atoms. The molecule has 1 saturated carbocycles. The number of amides is 4. The van der Waals surface area contributed by atoms with E-state index in [2.05, 4.69) is 5.32 Å². The minimum atomic E-state index is -0.979. The van der Waals surface area contributed by atoms with Gasteiger partial charge in [-0.3, -0.25) is 19.3 Å². The number of nitrogens with one attached hydrogen (secondary N) is 1. The Kier molecular flexibility index (Phi) is 4.10. The van der Waals surface area contributed by atoms with E-state index in [4.69, 9.17) is 0 Å². The van der Waals surface area contributed by atoms with Gasteiger partial charge in [-0.1, -0.05) is 30.3 Å². The van der Waals surface area contributed by atoms with Crippen molar-refractivity contribution in [2.24, 2.45) is 0 Å². The molecule has 0 spiro atoms. The molecule has 1 heterocycles. The van der Waals surface area contributed by atoms with Crippen molar-refractivity contribution in [3.05, 3.63) is 35.9 Å². The molecule has 4 amide bonds. The smallest absolute Gasteiger partial charge is 0.325 e. The van der Waals surface area contributed by atoms with Gasteiger partial charge in [0.2, 0.25) is 6.29 Å². The topological polar surface area (TPSA) is 86.8 Å². The molecule has 1 aromatic carbocycles. The van der Waals surface area contributed by atoms with Gasteiger partial charge in [0, 0.05) is 19.1 Å². The summed E-state index contributed by atoms with van der Waals surface area (Å²) in [5.41, 5.74) is 0.561. The lowest BCUT2D eigenvalue weighted by Crippen LogP contribution is -2.59. The molecule has 1 unspecified atom stereocenters. The Morgan fingerprint density at radius 1 is 1.13 bits per heavy atom. The van der Waals surface area contributed by atoms with Gasteiger partial charge < -0.3 is 10.2 Å². The molecule has 0 aromatic heterocycles. The van der Waals surface area contributed by atoms with E-state index in [0.717, 1.165) is 17.7 Å². The number of hydrogen-bond acceptors (Lipinski definition) is 4. The van der Waals surface area contributed by atoms with Gasteiger partial charge in [0.1, 0.15) is 6.04 Å². The van der Waals surface area contributed by atoms with Crippen molar-refractivity contribution < 1.29 is 19.2 Å². The first kappa shape index (κ1) is 15.2. The second kappa shape index (κ2) is 6.20. The average Bonchev–Trinajstić information content (AvgIpc) is 3.40. The van der Waals surface area contributed by atoms with Crippen molar-refractivity contribution >= 4 is 24.1 Å². The number of benzene rings is 1. The quantitative estimate of drug-likeness (QED) is 0.814. The van der Waals surface area contributed by atoms with Crippen LogP contribution in [0.15, 0.2) is 30.3 Å². The van der Waals surface area contributed by atoms with E-state index in [-0.39, 0.29) is 12.6 Å². The molecule has 1 N–H and O–H groups in total. The van der Waals surface area contributed by atoms with Crippen LogP contribution < -0.4 is 5.32 Å². The SMILES string of the molecule is O=[C]C(NC(=O)N1CCN(C2CC2)C(=O)C1=O)c1ccccc1. The highest BCUT2D eigenvalue weighted by Gasteiger charge is 2.42. The molecule has 119 valence electrons. The summed E-state index contributed by atoms with van der Waals surface area (Å²) in [5.74, 6) is -1.50. The summed E-state index contributed by atoms with van der Waals surface area (Å²) in [6, 6.07) is 7.00. The Morgan fingerprint density at radius 2 is 1.83 bits per heavy atom. The molecule has 1 aromatic rings. The number of urea groups is 1. The predicted molar refractivity (Wildman–Crippen MR) is 79.9 cm³/mol. The zero-order valence-electron chi connectivity index (χ0n) is 12.4. The van der Waals surface area contributed by atoms with Gasteiger partial charge in [-0.15, -0.1) is 0 Å². The fourth-order valence-corrected chi connectivity index (χ4v) is 2.61. The van der Waals surface area contributed by atoms with E-state index in [1.165, 1.54) is 4.90 Å². The number of piperazine rings is 1. The van der Waals surface area contributed by atoms with Crippen molar-refractivity contribution in [1.82, 2.24) is 15.1 Å². The van der Waals surface area contributed by atoms with Gasteiger partial charge in [-0.2, -0.15) is 0 Å². The minimum absolute atomic E-state index is 0.132. The minimum Gasteiger partial charge on any atom is -0.330 e. The lowest BCUT2D eigenvalue weighted by Gasteiger charge is -2.33. The van der Waals surface area contributed by atoms with Crippen LogP contribution >= 0.6 is 0 Å².